The fraction of sp³-hybridized carbons (Fsp3) is 0.333. The number of nitro benzene ring substituents is 1. The van der Waals surface area contributed by atoms with Gasteiger partial charge in [0, 0.05) is 38.3 Å². The van der Waals surface area contributed by atoms with E-state index in [1.165, 1.54) is 17.0 Å². The first-order valence-electron chi connectivity index (χ1n) is 6.00. The number of hydrogen-bond acceptors (Lipinski definition) is 4. The third-order valence-electron chi connectivity index (χ3n) is 2.49. The van der Waals surface area contributed by atoms with Gasteiger partial charge in [-0.1, -0.05) is 11.6 Å². The van der Waals surface area contributed by atoms with Crippen LogP contribution in [0.4, 0.5) is 10.5 Å². The smallest absolute Gasteiger partial charge is 0.316 e. The fourth-order valence-corrected chi connectivity index (χ4v) is 1.61. The first kappa shape index (κ1) is 16.7. The highest BCUT2D eigenvalue weighted by atomic mass is 35.5. The van der Waals surface area contributed by atoms with Crippen LogP contribution in [0.3, 0.4) is 0 Å². The van der Waals surface area contributed by atoms with Crippen molar-refractivity contribution in [1.29, 1.82) is 0 Å². The van der Waals surface area contributed by atoms with E-state index in [0.29, 0.717) is 0 Å². The highest BCUT2D eigenvalue weighted by molar-refractivity contribution is 6.31. The summed E-state index contributed by atoms with van der Waals surface area (Å²) >= 11 is 5.67. The molecule has 0 aliphatic heterocycles. The average molecular weight is 315 g/mol. The molecule has 3 amide bonds. The van der Waals surface area contributed by atoms with Crippen molar-refractivity contribution in [1.82, 2.24) is 15.5 Å². The Balaban J connectivity index is 2.61. The van der Waals surface area contributed by atoms with Gasteiger partial charge in [0.05, 0.1) is 4.92 Å². The van der Waals surface area contributed by atoms with Crippen molar-refractivity contribution in [3.05, 3.63) is 38.9 Å². The van der Waals surface area contributed by atoms with Crippen molar-refractivity contribution in [3.8, 4) is 0 Å². The average Bonchev–Trinajstić information content (AvgIpc) is 2.42. The minimum Gasteiger partial charge on any atom is -0.350 e. The molecule has 21 heavy (non-hydrogen) atoms. The summed E-state index contributed by atoms with van der Waals surface area (Å²) in [6.07, 6.45) is 0. The van der Waals surface area contributed by atoms with E-state index in [-0.39, 0.29) is 35.4 Å². The first-order valence-corrected chi connectivity index (χ1v) is 6.38. The van der Waals surface area contributed by atoms with E-state index in [4.69, 9.17) is 11.6 Å². The van der Waals surface area contributed by atoms with Crippen LogP contribution in [0.25, 0.3) is 0 Å². The first-order chi connectivity index (χ1) is 9.82. The SMILES string of the molecule is CN(C)C(=O)NCCNC(=O)c1ccc(Cl)cc1[N+](=O)[O-]. The Morgan fingerprint density at radius 1 is 1.29 bits per heavy atom. The molecule has 0 aromatic heterocycles. The van der Waals surface area contributed by atoms with Gasteiger partial charge < -0.3 is 15.5 Å². The third kappa shape index (κ3) is 4.92. The number of benzene rings is 1. The molecule has 8 nitrogen and oxygen atoms in total. The molecule has 0 aliphatic carbocycles. The quantitative estimate of drug-likeness (QED) is 0.485. The molecule has 9 heteroatoms. The second kappa shape index (κ2) is 7.44. The molecule has 2 N–H and O–H groups in total. The summed E-state index contributed by atoms with van der Waals surface area (Å²) in [7, 11) is 3.18. The fourth-order valence-electron chi connectivity index (χ4n) is 1.45. The van der Waals surface area contributed by atoms with Crippen LogP contribution in [0.15, 0.2) is 18.2 Å². The molecule has 0 radical (unpaired) electrons. The van der Waals surface area contributed by atoms with Gasteiger partial charge in [-0.2, -0.15) is 0 Å². The Morgan fingerprint density at radius 3 is 2.48 bits per heavy atom. The van der Waals surface area contributed by atoms with Crippen molar-refractivity contribution in [3.63, 3.8) is 0 Å². The number of carbonyl (C=O) groups is 2. The minimum atomic E-state index is -0.672. The molecular formula is C12H15ClN4O4. The Kier molecular flexibility index (Phi) is 5.92. The predicted octanol–water partition coefficient (Wildman–Crippen LogP) is 1.25. The van der Waals surface area contributed by atoms with Crippen LogP contribution < -0.4 is 10.6 Å². The number of amides is 3. The molecule has 0 saturated carbocycles. The molecule has 0 heterocycles. The number of hydrogen-bond donors (Lipinski definition) is 2. The van der Waals surface area contributed by atoms with Gasteiger partial charge in [0.15, 0.2) is 0 Å². The maximum Gasteiger partial charge on any atom is 0.316 e. The molecule has 0 atom stereocenters. The molecular weight excluding hydrogens is 300 g/mol. The molecule has 0 saturated heterocycles. The molecule has 1 aromatic carbocycles. The summed E-state index contributed by atoms with van der Waals surface area (Å²) in [5.41, 5.74) is -0.444. The summed E-state index contributed by atoms with van der Waals surface area (Å²) in [5, 5.41) is 16.1. The molecule has 1 aromatic rings. The lowest BCUT2D eigenvalue weighted by atomic mass is 10.1. The zero-order valence-corrected chi connectivity index (χ0v) is 12.3. The van der Waals surface area contributed by atoms with E-state index in [9.17, 15) is 19.7 Å². The van der Waals surface area contributed by atoms with Crippen molar-refractivity contribution in [2.45, 2.75) is 0 Å². The van der Waals surface area contributed by atoms with Gasteiger partial charge in [-0.15, -0.1) is 0 Å². The third-order valence-corrected chi connectivity index (χ3v) is 2.73. The zero-order valence-electron chi connectivity index (χ0n) is 11.6. The maximum atomic E-state index is 11.9. The molecule has 114 valence electrons. The lowest BCUT2D eigenvalue weighted by Crippen LogP contribution is -2.39. The largest absolute Gasteiger partial charge is 0.350 e. The number of nitrogens with zero attached hydrogens (tertiary/aromatic N) is 2. The number of nitrogens with one attached hydrogen (secondary N) is 2. The van der Waals surface area contributed by atoms with Gasteiger partial charge in [0.1, 0.15) is 5.56 Å². The second-order valence-corrected chi connectivity index (χ2v) is 4.74. The summed E-state index contributed by atoms with van der Waals surface area (Å²) in [4.78, 5) is 34.7. The van der Waals surface area contributed by atoms with E-state index in [1.807, 2.05) is 0 Å². The second-order valence-electron chi connectivity index (χ2n) is 4.30. The van der Waals surface area contributed by atoms with Gasteiger partial charge in [0.25, 0.3) is 11.6 Å². The number of carbonyl (C=O) groups excluding carboxylic acids is 2. The molecule has 0 unspecified atom stereocenters. The van der Waals surface area contributed by atoms with Gasteiger partial charge in [-0.05, 0) is 12.1 Å². The molecule has 0 aliphatic rings. The molecule has 1 rings (SSSR count). The summed E-state index contributed by atoms with van der Waals surface area (Å²) in [6, 6.07) is 3.51. The van der Waals surface area contributed by atoms with E-state index >= 15 is 0 Å². The van der Waals surface area contributed by atoms with Crippen molar-refractivity contribution >= 4 is 29.2 Å². The standard InChI is InChI=1S/C12H15ClN4O4/c1-16(2)12(19)15-6-5-14-11(18)9-4-3-8(13)7-10(9)17(20)21/h3-4,7H,5-6H2,1-2H3,(H,14,18)(H,15,19). The molecule has 0 fully saturated rings. The highest BCUT2D eigenvalue weighted by Crippen LogP contribution is 2.22. The number of nitro groups is 1. The lowest BCUT2D eigenvalue weighted by Gasteiger charge is -2.12. The van der Waals surface area contributed by atoms with Crippen molar-refractivity contribution < 1.29 is 14.5 Å². The van der Waals surface area contributed by atoms with E-state index in [0.717, 1.165) is 6.07 Å². The normalized spacial score (nSPS) is 9.86. The van der Waals surface area contributed by atoms with Gasteiger partial charge in [-0.3, -0.25) is 14.9 Å². The van der Waals surface area contributed by atoms with Crippen LogP contribution in [-0.4, -0.2) is 48.9 Å². The topological polar surface area (TPSA) is 105 Å². The van der Waals surface area contributed by atoms with Gasteiger partial charge >= 0.3 is 6.03 Å². The zero-order chi connectivity index (χ0) is 16.0. The maximum absolute atomic E-state index is 11.9. The Hall–Kier alpha value is -2.35. The molecule has 0 bridgehead atoms. The van der Waals surface area contributed by atoms with Crippen LogP contribution in [-0.2, 0) is 0 Å². The van der Waals surface area contributed by atoms with Crippen LogP contribution in [0.1, 0.15) is 10.4 Å². The Morgan fingerprint density at radius 2 is 1.90 bits per heavy atom. The van der Waals surface area contributed by atoms with Crippen LogP contribution in [0.2, 0.25) is 5.02 Å². The van der Waals surface area contributed by atoms with Gasteiger partial charge in [0.2, 0.25) is 0 Å². The predicted molar refractivity (Wildman–Crippen MR) is 77.5 cm³/mol. The lowest BCUT2D eigenvalue weighted by molar-refractivity contribution is -0.385. The summed E-state index contributed by atoms with van der Waals surface area (Å²) in [5.74, 6) is -0.600. The Labute approximate surface area is 126 Å². The van der Waals surface area contributed by atoms with Crippen LogP contribution >= 0.6 is 11.6 Å². The highest BCUT2D eigenvalue weighted by Gasteiger charge is 2.20. The van der Waals surface area contributed by atoms with Crippen LogP contribution in [0, 0.1) is 10.1 Å². The number of rotatable bonds is 5. The monoisotopic (exact) mass is 314 g/mol. The molecule has 0 spiro atoms. The summed E-state index contributed by atoms with van der Waals surface area (Å²) < 4.78 is 0. The van der Waals surface area contributed by atoms with Crippen molar-refractivity contribution in [2.24, 2.45) is 0 Å². The minimum absolute atomic E-state index is 0.0802. The summed E-state index contributed by atoms with van der Waals surface area (Å²) in [6.45, 7) is 0.363. The number of urea groups is 1. The van der Waals surface area contributed by atoms with Crippen molar-refractivity contribution in [2.75, 3.05) is 27.2 Å². The Bertz CT molecular complexity index is 562. The van der Waals surface area contributed by atoms with E-state index < -0.39 is 10.8 Å². The van der Waals surface area contributed by atoms with Gasteiger partial charge in [-0.25, -0.2) is 4.79 Å². The van der Waals surface area contributed by atoms with Crippen LogP contribution in [0.5, 0.6) is 0 Å². The van der Waals surface area contributed by atoms with E-state index in [2.05, 4.69) is 10.6 Å². The number of halogens is 1. The van der Waals surface area contributed by atoms with E-state index in [1.54, 1.807) is 14.1 Å².